The first kappa shape index (κ1) is 9.90. The lowest BCUT2D eigenvalue weighted by Crippen LogP contribution is -1.90. The number of benzene rings is 2. The van der Waals surface area contributed by atoms with Gasteiger partial charge in [-0.15, -0.1) is 0 Å². The molecular formula is C14H13N3. The van der Waals surface area contributed by atoms with E-state index in [9.17, 15) is 0 Å². The Balaban J connectivity index is 2.36. The second-order valence-electron chi connectivity index (χ2n) is 4.10. The van der Waals surface area contributed by atoms with E-state index in [1.165, 1.54) is 0 Å². The van der Waals surface area contributed by atoms with Crippen LogP contribution in [0.15, 0.2) is 42.5 Å². The average Bonchev–Trinajstić information content (AvgIpc) is 2.35. The van der Waals surface area contributed by atoms with Crippen LogP contribution in [0.2, 0.25) is 0 Å². The van der Waals surface area contributed by atoms with E-state index in [4.69, 9.17) is 5.73 Å². The second-order valence-corrected chi connectivity index (χ2v) is 4.10. The molecule has 0 bridgehead atoms. The maximum atomic E-state index is 5.77. The number of fused-ring (bicyclic) bond motifs is 2. The van der Waals surface area contributed by atoms with Crippen molar-refractivity contribution in [3.63, 3.8) is 0 Å². The van der Waals surface area contributed by atoms with E-state index in [1.807, 2.05) is 37.4 Å². The zero-order valence-electron chi connectivity index (χ0n) is 9.57. The van der Waals surface area contributed by atoms with Gasteiger partial charge in [-0.2, -0.15) is 0 Å². The molecule has 0 saturated heterocycles. The third kappa shape index (κ3) is 1.65. The lowest BCUT2D eigenvalue weighted by atomic mass is 10.1. The molecular weight excluding hydrogens is 210 g/mol. The Morgan fingerprint density at radius 3 is 2.41 bits per heavy atom. The Morgan fingerprint density at radius 2 is 1.65 bits per heavy atom. The molecule has 3 heteroatoms. The molecule has 3 aromatic rings. The van der Waals surface area contributed by atoms with Crippen molar-refractivity contribution in [2.24, 2.45) is 0 Å². The van der Waals surface area contributed by atoms with Gasteiger partial charge < -0.3 is 11.1 Å². The van der Waals surface area contributed by atoms with E-state index < -0.39 is 0 Å². The summed E-state index contributed by atoms with van der Waals surface area (Å²) < 4.78 is 0. The third-order valence-corrected chi connectivity index (χ3v) is 2.93. The molecule has 0 saturated carbocycles. The van der Waals surface area contributed by atoms with Crippen molar-refractivity contribution in [2.45, 2.75) is 0 Å². The van der Waals surface area contributed by atoms with Gasteiger partial charge in [-0.05, 0) is 30.3 Å². The fourth-order valence-corrected chi connectivity index (χ4v) is 1.99. The number of nitrogen functional groups attached to an aromatic ring is 1. The van der Waals surface area contributed by atoms with Crippen LogP contribution in [0.25, 0.3) is 21.8 Å². The van der Waals surface area contributed by atoms with Crippen LogP contribution in [0, 0.1) is 0 Å². The van der Waals surface area contributed by atoms with Crippen molar-refractivity contribution < 1.29 is 0 Å². The molecule has 0 unspecified atom stereocenters. The topological polar surface area (TPSA) is 50.9 Å². The van der Waals surface area contributed by atoms with E-state index in [2.05, 4.69) is 22.4 Å². The summed E-state index contributed by atoms with van der Waals surface area (Å²) in [5.74, 6) is 0. The van der Waals surface area contributed by atoms with Gasteiger partial charge in [0, 0.05) is 29.2 Å². The summed E-state index contributed by atoms with van der Waals surface area (Å²) in [6.45, 7) is 0. The van der Waals surface area contributed by atoms with Gasteiger partial charge in [-0.25, -0.2) is 4.98 Å². The molecule has 3 rings (SSSR count). The highest BCUT2D eigenvalue weighted by Crippen LogP contribution is 2.23. The molecule has 0 fully saturated rings. The molecule has 0 atom stereocenters. The normalized spacial score (nSPS) is 10.9. The number of hydrogen-bond acceptors (Lipinski definition) is 3. The van der Waals surface area contributed by atoms with Crippen molar-refractivity contribution in [1.29, 1.82) is 0 Å². The summed E-state index contributed by atoms with van der Waals surface area (Å²) in [5, 5.41) is 5.37. The predicted octanol–water partition coefficient (Wildman–Crippen LogP) is 3.01. The highest BCUT2D eigenvalue weighted by molar-refractivity contribution is 5.94. The van der Waals surface area contributed by atoms with E-state index in [0.717, 1.165) is 33.2 Å². The van der Waals surface area contributed by atoms with Crippen LogP contribution in [0.3, 0.4) is 0 Å². The van der Waals surface area contributed by atoms with Gasteiger partial charge in [0.05, 0.1) is 11.0 Å². The number of pyridine rings is 1. The predicted molar refractivity (Wildman–Crippen MR) is 73.2 cm³/mol. The van der Waals surface area contributed by atoms with Gasteiger partial charge in [0.1, 0.15) is 0 Å². The van der Waals surface area contributed by atoms with E-state index in [0.29, 0.717) is 0 Å². The lowest BCUT2D eigenvalue weighted by molar-refractivity contribution is 1.47. The molecule has 0 amide bonds. The minimum atomic E-state index is 0.745. The summed E-state index contributed by atoms with van der Waals surface area (Å²) >= 11 is 0. The van der Waals surface area contributed by atoms with Gasteiger partial charge in [0.25, 0.3) is 0 Å². The molecule has 2 aromatic carbocycles. The zero-order valence-corrected chi connectivity index (χ0v) is 9.57. The minimum absolute atomic E-state index is 0.745. The maximum Gasteiger partial charge on any atom is 0.0730 e. The molecule has 0 aliphatic carbocycles. The van der Waals surface area contributed by atoms with Gasteiger partial charge in [0.15, 0.2) is 0 Å². The number of aromatic nitrogens is 1. The molecule has 17 heavy (non-hydrogen) atoms. The average molecular weight is 223 g/mol. The van der Waals surface area contributed by atoms with Crippen molar-refractivity contribution in [3.8, 4) is 0 Å². The highest BCUT2D eigenvalue weighted by atomic mass is 14.8. The van der Waals surface area contributed by atoms with Crippen LogP contribution in [-0.2, 0) is 0 Å². The quantitative estimate of drug-likeness (QED) is 0.492. The largest absolute Gasteiger partial charge is 0.399 e. The molecule has 0 spiro atoms. The second kappa shape index (κ2) is 3.63. The van der Waals surface area contributed by atoms with E-state index >= 15 is 0 Å². The van der Waals surface area contributed by atoms with Crippen molar-refractivity contribution in [3.05, 3.63) is 42.5 Å². The molecule has 84 valence electrons. The molecule has 1 aromatic heterocycles. The molecule has 3 nitrogen and oxygen atoms in total. The van der Waals surface area contributed by atoms with Crippen molar-refractivity contribution in [2.75, 3.05) is 18.1 Å². The Hall–Kier alpha value is -2.29. The number of anilines is 2. The van der Waals surface area contributed by atoms with Crippen LogP contribution in [-0.4, -0.2) is 12.0 Å². The summed E-state index contributed by atoms with van der Waals surface area (Å²) in [6.07, 6.45) is 0. The van der Waals surface area contributed by atoms with Crippen LogP contribution < -0.4 is 11.1 Å². The Morgan fingerprint density at radius 1 is 0.941 bits per heavy atom. The van der Waals surface area contributed by atoms with Gasteiger partial charge in [0.2, 0.25) is 0 Å². The summed E-state index contributed by atoms with van der Waals surface area (Å²) in [7, 11) is 1.90. The first-order valence-electron chi connectivity index (χ1n) is 5.54. The standard InChI is InChI=1S/C14H13N3/c1-16-12-5-3-10-6-9-2-4-11(15)7-13(9)17-14(10)8-12/h2-8,16H,15H2,1H3. The summed E-state index contributed by atoms with van der Waals surface area (Å²) in [5.41, 5.74) is 9.50. The zero-order chi connectivity index (χ0) is 11.8. The number of hydrogen-bond donors (Lipinski definition) is 2. The van der Waals surface area contributed by atoms with Gasteiger partial charge in [-0.3, -0.25) is 0 Å². The maximum absolute atomic E-state index is 5.77. The monoisotopic (exact) mass is 223 g/mol. The van der Waals surface area contributed by atoms with Crippen LogP contribution in [0.1, 0.15) is 0 Å². The number of nitrogens with one attached hydrogen (secondary N) is 1. The Bertz CT molecular complexity index is 704. The molecule has 0 aliphatic rings. The van der Waals surface area contributed by atoms with Gasteiger partial charge in [-0.1, -0.05) is 12.1 Å². The van der Waals surface area contributed by atoms with Crippen LogP contribution >= 0.6 is 0 Å². The molecule has 0 aliphatic heterocycles. The van der Waals surface area contributed by atoms with E-state index in [-0.39, 0.29) is 0 Å². The number of nitrogens with two attached hydrogens (primary N) is 1. The number of rotatable bonds is 1. The highest BCUT2D eigenvalue weighted by Gasteiger charge is 2.01. The smallest absolute Gasteiger partial charge is 0.0730 e. The fourth-order valence-electron chi connectivity index (χ4n) is 1.99. The molecule has 3 N–H and O–H groups in total. The van der Waals surface area contributed by atoms with Crippen molar-refractivity contribution in [1.82, 2.24) is 4.98 Å². The first-order chi connectivity index (χ1) is 8.26. The lowest BCUT2D eigenvalue weighted by Gasteiger charge is -2.05. The Labute approximate surface area is 99.3 Å². The third-order valence-electron chi connectivity index (χ3n) is 2.93. The van der Waals surface area contributed by atoms with E-state index in [1.54, 1.807) is 0 Å². The minimum Gasteiger partial charge on any atom is -0.399 e. The summed E-state index contributed by atoms with van der Waals surface area (Å²) in [6, 6.07) is 14.1. The first-order valence-corrected chi connectivity index (χ1v) is 5.54. The van der Waals surface area contributed by atoms with Gasteiger partial charge >= 0.3 is 0 Å². The van der Waals surface area contributed by atoms with Crippen LogP contribution in [0.4, 0.5) is 11.4 Å². The van der Waals surface area contributed by atoms with Crippen molar-refractivity contribution >= 4 is 33.2 Å². The molecule has 0 radical (unpaired) electrons. The summed E-state index contributed by atoms with van der Waals surface area (Å²) in [4.78, 5) is 4.63. The van der Waals surface area contributed by atoms with Crippen LogP contribution in [0.5, 0.6) is 0 Å². The SMILES string of the molecule is CNc1ccc2cc3ccc(N)cc3nc2c1. The Kier molecular flexibility index (Phi) is 2.11. The molecule has 1 heterocycles. The number of nitrogens with zero attached hydrogens (tertiary/aromatic N) is 1. The fraction of sp³-hybridized carbons (Fsp3) is 0.0714.